The van der Waals surface area contributed by atoms with Crippen LogP contribution in [0.25, 0.3) is 0 Å². The summed E-state index contributed by atoms with van der Waals surface area (Å²) in [6.07, 6.45) is 2.61. The van der Waals surface area contributed by atoms with Gasteiger partial charge in [0.1, 0.15) is 11.8 Å². The second kappa shape index (κ2) is 3.68. The fraction of sp³-hybridized carbons (Fsp3) is 1.00. The lowest BCUT2D eigenvalue weighted by molar-refractivity contribution is -0.201. The van der Waals surface area contributed by atoms with Crippen LogP contribution < -0.4 is 0 Å². The number of hydrogen-bond donors (Lipinski definition) is 0. The third kappa shape index (κ3) is 1.90. The van der Waals surface area contributed by atoms with Gasteiger partial charge in [-0.15, -0.1) is 0 Å². The molecule has 3 aliphatic heterocycles. The quantitative estimate of drug-likeness (QED) is 0.685. The molecule has 0 saturated carbocycles. The van der Waals surface area contributed by atoms with Crippen molar-refractivity contribution >= 4 is 0 Å². The highest BCUT2D eigenvalue weighted by atomic mass is 19.1. The average molecular weight is 215 g/mol. The van der Waals surface area contributed by atoms with Crippen molar-refractivity contribution in [1.29, 1.82) is 0 Å². The minimum Gasteiger partial charge on any atom is -0.375 e. The zero-order valence-electron chi connectivity index (χ0n) is 8.95. The maximum atomic E-state index is 13.0. The monoisotopic (exact) mass is 215 g/mol. The molecule has 0 N–H and O–H groups in total. The minimum absolute atomic E-state index is 0.0412. The molecule has 1 spiro atoms. The van der Waals surface area contributed by atoms with Gasteiger partial charge in [0.15, 0.2) is 0 Å². The molecule has 3 heterocycles. The summed E-state index contributed by atoms with van der Waals surface area (Å²) >= 11 is 0. The number of rotatable bonds is 2. The van der Waals surface area contributed by atoms with Gasteiger partial charge in [-0.05, 0) is 19.3 Å². The molecular weight excluding hydrogens is 197 g/mol. The van der Waals surface area contributed by atoms with Crippen LogP contribution in [-0.4, -0.2) is 55.6 Å². The summed E-state index contributed by atoms with van der Waals surface area (Å²) in [6, 6.07) is 0. The van der Waals surface area contributed by atoms with Gasteiger partial charge in [0.25, 0.3) is 0 Å². The van der Waals surface area contributed by atoms with Crippen molar-refractivity contribution in [3.05, 3.63) is 0 Å². The maximum absolute atomic E-state index is 13.0. The summed E-state index contributed by atoms with van der Waals surface area (Å²) in [7, 11) is 0. The number of likely N-dealkylation sites (tertiary alicyclic amines) is 1. The molecule has 0 aliphatic carbocycles. The van der Waals surface area contributed by atoms with Gasteiger partial charge in [0.2, 0.25) is 0 Å². The highest BCUT2D eigenvalue weighted by molar-refractivity contribution is 4.95. The zero-order chi connectivity index (χ0) is 10.3. The summed E-state index contributed by atoms with van der Waals surface area (Å²) in [5.74, 6) is 0. The van der Waals surface area contributed by atoms with E-state index in [0.29, 0.717) is 19.1 Å². The van der Waals surface area contributed by atoms with Gasteiger partial charge in [-0.25, -0.2) is 4.39 Å². The fourth-order valence-corrected chi connectivity index (χ4v) is 2.81. The van der Waals surface area contributed by atoms with Crippen LogP contribution in [0, 0.1) is 0 Å². The first-order valence-electron chi connectivity index (χ1n) is 5.88. The van der Waals surface area contributed by atoms with Crippen molar-refractivity contribution < 1.29 is 13.9 Å². The van der Waals surface area contributed by atoms with Crippen molar-refractivity contribution in [3.8, 4) is 0 Å². The molecule has 3 rings (SSSR count). The molecule has 0 amide bonds. The Labute approximate surface area is 89.5 Å². The van der Waals surface area contributed by atoms with E-state index >= 15 is 0 Å². The van der Waals surface area contributed by atoms with E-state index in [2.05, 4.69) is 4.90 Å². The third-order valence-corrected chi connectivity index (χ3v) is 3.75. The Morgan fingerprint density at radius 2 is 2.20 bits per heavy atom. The predicted octanol–water partition coefficient (Wildman–Crippen LogP) is 0.978. The number of halogens is 1. The topological polar surface area (TPSA) is 21.7 Å². The van der Waals surface area contributed by atoms with Gasteiger partial charge in [-0.2, -0.15) is 0 Å². The molecule has 4 heteroatoms. The molecule has 0 bridgehead atoms. The molecule has 3 aliphatic rings. The molecule has 1 unspecified atom stereocenters. The van der Waals surface area contributed by atoms with E-state index in [1.54, 1.807) is 0 Å². The Balaban J connectivity index is 1.48. The zero-order valence-corrected chi connectivity index (χ0v) is 8.95. The van der Waals surface area contributed by atoms with Crippen LogP contribution in [0.4, 0.5) is 4.39 Å². The lowest BCUT2D eigenvalue weighted by Crippen LogP contribution is -2.50. The Morgan fingerprint density at radius 1 is 1.33 bits per heavy atom. The van der Waals surface area contributed by atoms with E-state index in [0.717, 1.165) is 39.1 Å². The first-order chi connectivity index (χ1) is 7.26. The summed E-state index contributed by atoms with van der Waals surface area (Å²) in [5, 5.41) is 0. The van der Waals surface area contributed by atoms with E-state index in [9.17, 15) is 4.39 Å². The van der Waals surface area contributed by atoms with Gasteiger partial charge in [-0.3, -0.25) is 4.90 Å². The average Bonchev–Trinajstić information content (AvgIpc) is 2.72. The van der Waals surface area contributed by atoms with Gasteiger partial charge in [-0.1, -0.05) is 0 Å². The van der Waals surface area contributed by atoms with E-state index in [4.69, 9.17) is 9.47 Å². The normalized spacial score (nSPS) is 39.8. The number of ether oxygens (including phenoxy) is 2. The van der Waals surface area contributed by atoms with Gasteiger partial charge in [0.05, 0.1) is 19.3 Å². The number of alkyl halides is 1. The minimum atomic E-state index is -0.618. The van der Waals surface area contributed by atoms with E-state index in [-0.39, 0.29) is 5.60 Å². The number of hydrogen-bond acceptors (Lipinski definition) is 3. The third-order valence-electron chi connectivity index (χ3n) is 3.75. The van der Waals surface area contributed by atoms with Gasteiger partial charge < -0.3 is 9.47 Å². The Hall–Kier alpha value is -0.190. The van der Waals surface area contributed by atoms with Crippen LogP contribution in [0.15, 0.2) is 0 Å². The van der Waals surface area contributed by atoms with Crippen LogP contribution in [0.3, 0.4) is 0 Å². The van der Waals surface area contributed by atoms with E-state index in [1.807, 2.05) is 0 Å². The van der Waals surface area contributed by atoms with Crippen LogP contribution in [0.1, 0.15) is 19.3 Å². The molecule has 2 atom stereocenters. The molecule has 3 fully saturated rings. The van der Waals surface area contributed by atoms with Crippen molar-refractivity contribution in [3.63, 3.8) is 0 Å². The van der Waals surface area contributed by atoms with Crippen LogP contribution in [0.5, 0.6) is 0 Å². The number of nitrogens with zero attached hydrogens (tertiary/aromatic N) is 1. The van der Waals surface area contributed by atoms with Crippen molar-refractivity contribution in [1.82, 2.24) is 4.90 Å². The molecule has 0 radical (unpaired) electrons. The van der Waals surface area contributed by atoms with E-state index in [1.165, 1.54) is 0 Å². The SMILES string of the molecule is F[C@@H]1CCN(CC2CCC3(COC3)O2)C1. The van der Waals surface area contributed by atoms with Crippen LogP contribution in [0.2, 0.25) is 0 Å². The highest BCUT2D eigenvalue weighted by Gasteiger charge is 2.46. The fourth-order valence-electron chi connectivity index (χ4n) is 2.81. The highest BCUT2D eigenvalue weighted by Crippen LogP contribution is 2.36. The summed E-state index contributed by atoms with van der Waals surface area (Å²) in [4.78, 5) is 2.19. The standard InChI is InChI=1S/C11H18FNO2/c12-9-2-4-13(5-9)6-10-1-3-11(15-10)7-14-8-11/h9-10H,1-8H2/t9-,10?/m1/s1. The van der Waals surface area contributed by atoms with Gasteiger partial charge in [0, 0.05) is 19.6 Å². The Kier molecular flexibility index (Phi) is 2.45. The van der Waals surface area contributed by atoms with Crippen LogP contribution in [-0.2, 0) is 9.47 Å². The largest absolute Gasteiger partial charge is 0.375 e. The smallest absolute Gasteiger partial charge is 0.115 e. The molecular formula is C11H18FNO2. The lowest BCUT2D eigenvalue weighted by Gasteiger charge is -2.37. The van der Waals surface area contributed by atoms with Crippen molar-refractivity contribution in [2.24, 2.45) is 0 Å². The first-order valence-corrected chi connectivity index (χ1v) is 5.88. The summed E-state index contributed by atoms with van der Waals surface area (Å²) in [6.45, 7) is 3.92. The second-order valence-corrected chi connectivity index (χ2v) is 5.10. The lowest BCUT2D eigenvalue weighted by atomic mass is 9.98. The maximum Gasteiger partial charge on any atom is 0.115 e. The Bertz CT molecular complexity index is 245. The van der Waals surface area contributed by atoms with Gasteiger partial charge >= 0.3 is 0 Å². The first kappa shape index (κ1) is 10.00. The summed E-state index contributed by atoms with van der Waals surface area (Å²) < 4.78 is 24.2. The molecule has 0 aromatic heterocycles. The second-order valence-electron chi connectivity index (χ2n) is 5.10. The predicted molar refractivity (Wildman–Crippen MR) is 53.6 cm³/mol. The molecule has 0 aromatic rings. The Morgan fingerprint density at radius 3 is 2.73 bits per heavy atom. The van der Waals surface area contributed by atoms with Crippen LogP contribution >= 0.6 is 0 Å². The molecule has 3 nitrogen and oxygen atoms in total. The molecule has 15 heavy (non-hydrogen) atoms. The van der Waals surface area contributed by atoms with Crippen molar-refractivity contribution in [2.75, 3.05) is 32.8 Å². The summed E-state index contributed by atoms with van der Waals surface area (Å²) in [5.41, 5.74) is 0.0412. The van der Waals surface area contributed by atoms with E-state index < -0.39 is 6.17 Å². The molecule has 0 aromatic carbocycles. The molecule has 86 valence electrons. The van der Waals surface area contributed by atoms with Crippen molar-refractivity contribution in [2.45, 2.75) is 37.1 Å². The molecule has 3 saturated heterocycles.